The first-order valence-electron chi connectivity index (χ1n) is 7.00. The Morgan fingerprint density at radius 2 is 1.76 bits per heavy atom. The minimum Gasteiger partial charge on any atom is -0.491 e. The first-order valence-corrected chi connectivity index (χ1v) is 7.00. The van der Waals surface area contributed by atoms with E-state index < -0.39 is 0 Å². The van der Waals surface area contributed by atoms with Gasteiger partial charge in [0.25, 0.3) is 0 Å². The molecule has 2 aromatic carbocycles. The quantitative estimate of drug-likeness (QED) is 0.648. The van der Waals surface area contributed by atoms with Gasteiger partial charge in [0.1, 0.15) is 22.9 Å². The molecular formula is C18H17FO2. The molecule has 0 spiro atoms. The second-order valence-electron chi connectivity index (χ2n) is 5.39. The van der Waals surface area contributed by atoms with Crippen LogP contribution in [0.2, 0.25) is 0 Å². The van der Waals surface area contributed by atoms with Crippen LogP contribution in [-0.4, -0.2) is 6.10 Å². The fourth-order valence-electron chi connectivity index (χ4n) is 2.42. The molecule has 3 rings (SSSR count). The van der Waals surface area contributed by atoms with Crippen molar-refractivity contribution in [2.45, 2.75) is 26.9 Å². The van der Waals surface area contributed by atoms with Gasteiger partial charge < -0.3 is 9.15 Å². The third-order valence-electron chi connectivity index (χ3n) is 3.39. The van der Waals surface area contributed by atoms with E-state index in [2.05, 4.69) is 0 Å². The lowest BCUT2D eigenvalue weighted by molar-refractivity contribution is 0.242. The van der Waals surface area contributed by atoms with E-state index in [9.17, 15) is 4.39 Å². The molecule has 1 heterocycles. The second kappa shape index (κ2) is 5.24. The molecule has 0 aliphatic carbocycles. The molecule has 0 aliphatic heterocycles. The van der Waals surface area contributed by atoms with Crippen molar-refractivity contribution in [2.75, 3.05) is 0 Å². The van der Waals surface area contributed by atoms with Gasteiger partial charge in [-0.05, 0) is 63.2 Å². The molecule has 0 aliphatic rings. The van der Waals surface area contributed by atoms with Gasteiger partial charge in [-0.15, -0.1) is 0 Å². The van der Waals surface area contributed by atoms with Gasteiger partial charge in [-0.2, -0.15) is 0 Å². The molecule has 1 aromatic heterocycles. The summed E-state index contributed by atoms with van der Waals surface area (Å²) >= 11 is 0. The van der Waals surface area contributed by atoms with E-state index in [1.807, 2.05) is 39.0 Å². The predicted molar refractivity (Wildman–Crippen MR) is 82.1 cm³/mol. The molecule has 0 bridgehead atoms. The van der Waals surface area contributed by atoms with Gasteiger partial charge in [-0.1, -0.05) is 0 Å². The number of halogens is 1. The highest BCUT2D eigenvalue weighted by Gasteiger charge is 2.13. The molecule has 0 saturated heterocycles. The third kappa shape index (κ3) is 2.64. The molecule has 0 atom stereocenters. The lowest BCUT2D eigenvalue weighted by Gasteiger charge is -2.09. The van der Waals surface area contributed by atoms with Crippen molar-refractivity contribution in [3.63, 3.8) is 0 Å². The Bertz CT molecular complexity index is 770. The normalized spacial score (nSPS) is 11.3. The van der Waals surface area contributed by atoms with Crippen LogP contribution in [0.5, 0.6) is 5.75 Å². The van der Waals surface area contributed by atoms with Crippen LogP contribution in [0.4, 0.5) is 4.39 Å². The number of hydrogen-bond acceptors (Lipinski definition) is 2. The van der Waals surface area contributed by atoms with Crippen LogP contribution >= 0.6 is 0 Å². The van der Waals surface area contributed by atoms with E-state index in [4.69, 9.17) is 9.15 Å². The average molecular weight is 284 g/mol. The van der Waals surface area contributed by atoms with Crippen LogP contribution in [-0.2, 0) is 0 Å². The first kappa shape index (κ1) is 13.7. The van der Waals surface area contributed by atoms with Crippen LogP contribution in [0.15, 0.2) is 46.9 Å². The third-order valence-corrected chi connectivity index (χ3v) is 3.39. The Hall–Kier alpha value is -2.29. The highest BCUT2D eigenvalue weighted by Crippen LogP contribution is 2.35. The lowest BCUT2D eigenvalue weighted by Crippen LogP contribution is -2.05. The zero-order chi connectivity index (χ0) is 15.0. The van der Waals surface area contributed by atoms with E-state index in [-0.39, 0.29) is 11.9 Å². The van der Waals surface area contributed by atoms with Gasteiger partial charge in [-0.25, -0.2) is 4.39 Å². The Morgan fingerprint density at radius 3 is 2.43 bits per heavy atom. The van der Waals surface area contributed by atoms with E-state index >= 15 is 0 Å². The fraction of sp³-hybridized carbons (Fsp3) is 0.222. The molecule has 2 nitrogen and oxygen atoms in total. The molecule has 0 unspecified atom stereocenters. The molecule has 0 fully saturated rings. The SMILES string of the molecule is Cc1c(-c2ccc(F)cc2)oc2ccc(OC(C)C)cc12. The molecule has 0 amide bonds. The number of fused-ring (bicyclic) bond motifs is 1. The van der Waals surface area contributed by atoms with Crippen molar-refractivity contribution >= 4 is 11.0 Å². The summed E-state index contributed by atoms with van der Waals surface area (Å²) in [5.41, 5.74) is 2.71. The summed E-state index contributed by atoms with van der Waals surface area (Å²) in [6.07, 6.45) is 0.131. The monoisotopic (exact) mass is 284 g/mol. The summed E-state index contributed by atoms with van der Waals surface area (Å²) in [5.74, 6) is 1.35. The highest BCUT2D eigenvalue weighted by molar-refractivity contribution is 5.88. The Morgan fingerprint density at radius 1 is 1.05 bits per heavy atom. The van der Waals surface area contributed by atoms with Crippen LogP contribution in [0, 0.1) is 12.7 Å². The first-order chi connectivity index (χ1) is 10.0. The van der Waals surface area contributed by atoms with Gasteiger partial charge in [0.05, 0.1) is 6.10 Å². The standard InChI is InChI=1S/C18H17FO2/c1-11(2)20-15-8-9-17-16(10-15)12(3)18(21-17)13-4-6-14(19)7-5-13/h4-11H,1-3H3. The van der Waals surface area contributed by atoms with Crippen LogP contribution in [0.3, 0.4) is 0 Å². The number of aryl methyl sites for hydroxylation is 1. The summed E-state index contributed by atoms with van der Waals surface area (Å²) < 4.78 is 24.7. The summed E-state index contributed by atoms with van der Waals surface area (Å²) in [7, 11) is 0. The van der Waals surface area contributed by atoms with E-state index in [0.29, 0.717) is 0 Å². The molecular weight excluding hydrogens is 267 g/mol. The number of ether oxygens (including phenoxy) is 1. The predicted octanol–water partition coefficient (Wildman–Crippen LogP) is 5.33. The molecule has 0 radical (unpaired) electrons. The van der Waals surface area contributed by atoms with Gasteiger partial charge in [0, 0.05) is 16.5 Å². The molecule has 21 heavy (non-hydrogen) atoms. The van der Waals surface area contributed by atoms with Gasteiger partial charge in [0.15, 0.2) is 0 Å². The van der Waals surface area contributed by atoms with Crippen molar-refractivity contribution < 1.29 is 13.5 Å². The van der Waals surface area contributed by atoms with Gasteiger partial charge >= 0.3 is 0 Å². The Kier molecular flexibility index (Phi) is 3.42. The van der Waals surface area contributed by atoms with Crippen LogP contribution in [0.25, 0.3) is 22.3 Å². The zero-order valence-electron chi connectivity index (χ0n) is 12.3. The maximum Gasteiger partial charge on any atom is 0.138 e. The summed E-state index contributed by atoms with van der Waals surface area (Å²) in [5, 5.41) is 1.02. The zero-order valence-corrected chi connectivity index (χ0v) is 12.3. The number of benzene rings is 2. The van der Waals surface area contributed by atoms with Gasteiger partial charge in [0.2, 0.25) is 0 Å². The summed E-state index contributed by atoms with van der Waals surface area (Å²) in [4.78, 5) is 0. The molecule has 0 N–H and O–H groups in total. The fourth-order valence-corrected chi connectivity index (χ4v) is 2.42. The van der Waals surface area contributed by atoms with E-state index in [0.717, 1.165) is 33.6 Å². The maximum absolute atomic E-state index is 13.0. The number of furan rings is 1. The molecule has 108 valence electrons. The van der Waals surface area contributed by atoms with Crippen molar-refractivity contribution in [3.05, 3.63) is 53.8 Å². The minimum absolute atomic E-state index is 0.131. The van der Waals surface area contributed by atoms with E-state index in [1.54, 1.807) is 12.1 Å². The highest BCUT2D eigenvalue weighted by atomic mass is 19.1. The molecule has 0 saturated carbocycles. The minimum atomic E-state index is -0.250. The lowest BCUT2D eigenvalue weighted by atomic mass is 10.1. The average Bonchev–Trinajstić information content (AvgIpc) is 2.76. The maximum atomic E-state index is 13.0. The van der Waals surface area contributed by atoms with Crippen molar-refractivity contribution in [1.82, 2.24) is 0 Å². The van der Waals surface area contributed by atoms with Crippen molar-refractivity contribution in [3.8, 4) is 17.1 Å². The van der Waals surface area contributed by atoms with Crippen molar-refractivity contribution in [2.24, 2.45) is 0 Å². The van der Waals surface area contributed by atoms with E-state index in [1.165, 1.54) is 12.1 Å². The van der Waals surface area contributed by atoms with Crippen molar-refractivity contribution in [1.29, 1.82) is 0 Å². The smallest absolute Gasteiger partial charge is 0.138 e. The van der Waals surface area contributed by atoms with Crippen LogP contribution < -0.4 is 4.74 Å². The Labute approximate surface area is 123 Å². The largest absolute Gasteiger partial charge is 0.491 e. The Balaban J connectivity index is 2.09. The summed E-state index contributed by atoms with van der Waals surface area (Å²) in [6, 6.07) is 12.1. The van der Waals surface area contributed by atoms with Crippen LogP contribution in [0.1, 0.15) is 19.4 Å². The van der Waals surface area contributed by atoms with Gasteiger partial charge in [-0.3, -0.25) is 0 Å². The number of rotatable bonds is 3. The second-order valence-corrected chi connectivity index (χ2v) is 5.39. The molecule has 3 heteroatoms. The number of hydrogen-bond donors (Lipinski definition) is 0. The summed E-state index contributed by atoms with van der Waals surface area (Å²) in [6.45, 7) is 6.00. The molecule has 3 aromatic rings. The topological polar surface area (TPSA) is 22.4 Å².